The first-order valence-corrected chi connectivity index (χ1v) is 12.1. The van der Waals surface area contributed by atoms with Crippen molar-refractivity contribution in [3.8, 4) is 17.3 Å². The van der Waals surface area contributed by atoms with E-state index in [0.717, 1.165) is 15.6 Å². The Morgan fingerprint density at radius 1 is 0.949 bits per heavy atom. The van der Waals surface area contributed by atoms with Gasteiger partial charge in [0.15, 0.2) is 11.5 Å². The van der Waals surface area contributed by atoms with E-state index in [-0.39, 0.29) is 23.9 Å². The molecule has 4 aromatic carbocycles. The number of fused-ring (bicyclic) bond motifs is 2. The van der Waals surface area contributed by atoms with Crippen LogP contribution in [0.15, 0.2) is 117 Å². The van der Waals surface area contributed by atoms with Crippen LogP contribution in [0.3, 0.4) is 0 Å². The number of nitrogens with zero attached hydrogens (tertiary/aromatic N) is 4. The van der Waals surface area contributed by atoms with Crippen molar-refractivity contribution in [3.63, 3.8) is 0 Å². The Bertz CT molecular complexity index is 1890. The summed E-state index contributed by atoms with van der Waals surface area (Å²) in [4.78, 5) is 29.4. The topological polar surface area (TPSA) is 113 Å². The van der Waals surface area contributed by atoms with Crippen molar-refractivity contribution in [1.29, 1.82) is 0 Å². The highest BCUT2D eigenvalue weighted by Crippen LogP contribution is 2.29. The fourth-order valence-corrected chi connectivity index (χ4v) is 4.22. The minimum atomic E-state index is -0.513. The molecule has 190 valence electrons. The molecule has 0 fully saturated rings. The molecular weight excluding hydrogens is 496 g/mol. The average Bonchev–Trinajstić information content (AvgIpc) is 3.40. The van der Waals surface area contributed by atoms with E-state index >= 15 is 0 Å². The highest BCUT2D eigenvalue weighted by Gasteiger charge is 2.18. The van der Waals surface area contributed by atoms with E-state index < -0.39 is 10.5 Å². The van der Waals surface area contributed by atoms with Gasteiger partial charge in [-0.2, -0.15) is 9.78 Å². The van der Waals surface area contributed by atoms with Crippen LogP contribution in [-0.4, -0.2) is 20.8 Å². The van der Waals surface area contributed by atoms with Crippen molar-refractivity contribution < 1.29 is 14.1 Å². The minimum absolute atomic E-state index is 0.133. The summed E-state index contributed by atoms with van der Waals surface area (Å²) in [6.45, 7) is 0.189. The highest BCUT2D eigenvalue weighted by atomic mass is 16.6. The molecule has 6 rings (SSSR count). The largest absolute Gasteiger partial charge is 0.482 e. The lowest BCUT2D eigenvalue weighted by molar-refractivity contribution is -0.385. The van der Waals surface area contributed by atoms with Gasteiger partial charge < -0.3 is 9.15 Å². The van der Waals surface area contributed by atoms with Crippen molar-refractivity contribution in [2.24, 2.45) is 5.10 Å². The maximum atomic E-state index is 13.4. The van der Waals surface area contributed by atoms with Crippen LogP contribution in [0.1, 0.15) is 11.1 Å². The molecule has 39 heavy (non-hydrogen) atoms. The second-order valence-corrected chi connectivity index (χ2v) is 8.72. The lowest BCUT2D eigenvalue weighted by atomic mass is 10.2. The van der Waals surface area contributed by atoms with Gasteiger partial charge in [0.2, 0.25) is 5.82 Å². The quantitative estimate of drug-likeness (QED) is 0.142. The summed E-state index contributed by atoms with van der Waals surface area (Å²) in [5.41, 5.74) is 1.83. The van der Waals surface area contributed by atoms with Crippen LogP contribution < -0.4 is 10.3 Å². The molecule has 0 saturated carbocycles. The predicted molar refractivity (Wildman–Crippen MR) is 148 cm³/mol. The fourth-order valence-electron chi connectivity index (χ4n) is 4.22. The van der Waals surface area contributed by atoms with Crippen LogP contribution >= 0.6 is 0 Å². The first-order valence-electron chi connectivity index (χ1n) is 12.1. The lowest BCUT2D eigenvalue weighted by Gasteiger charge is -2.08. The zero-order chi connectivity index (χ0) is 26.8. The smallest absolute Gasteiger partial charge is 0.311 e. The number of rotatable bonds is 7. The molecular formula is C30H20N4O5. The Morgan fingerprint density at radius 3 is 2.54 bits per heavy atom. The zero-order valence-corrected chi connectivity index (χ0v) is 20.4. The van der Waals surface area contributed by atoms with Gasteiger partial charge in [0, 0.05) is 17.0 Å². The summed E-state index contributed by atoms with van der Waals surface area (Å²) in [5.74, 6) is 0.712. The molecule has 0 bridgehead atoms. The Labute approximate surface area is 221 Å². The van der Waals surface area contributed by atoms with Gasteiger partial charge in [-0.15, -0.1) is 0 Å². The Balaban J connectivity index is 1.40. The van der Waals surface area contributed by atoms with Crippen molar-refractivity contribution >= 4 is 33.8 Å². The molecule has 6 aromatic rings. The summed E-state index contributed by atoms with van der Waals surface area (Å²) < 4.78 is 12.8. The molecule has 0 aliphatic heterocycles. The van der Waals surface area contributed by atoms with Gasteiger partial charge in [0.05, 0.1) is 22.0 Å². The molecule has 0 aliphatic rings. The molecule has 9 nitrogen and oxygen atoms in total. The van der Waals surface area contributed by atoms with Gasteiger partial charge in [-0.25, -0.2) is 4.98 Å². The molecule has 2 heterocycles. The number of nitro benzene ring substituents is 1. The zero-order valence-electron chi connectivity index (χ0n) is 20.4. The van der Waals surface area contributed by atoms with Crippen LogP contribution in [0, 0.1) is 10.1 Å². The molecule has 0 amide bonds. The van der Waals surface area contributed by atoms with Crippen LogP contribution in [0.25, 0.3) is 33.5 Å². The summed E-state index contributed by atoms with van der Waals surface area (Å²) in [5, 5.41) is 17.4. The summed E-state index contributed by atoms with van der Waals surface area (Å²) >= 11 is 0. The molecule has 0 unspecified atom stereocenters. The molecule has 0 spiro atoms. The van der Waals surface area contributed by atoms with Crippen LogP contribution in [0.2, 0.25) is 0 Å². The molecule has 0 radical (unpaired) electrons. The van der Waals surface area contributed by atoms with E-state index in [1.54, 1.807) is 36.4 Å². The third-order valence-electron chi connectivity index (χ3n) is 6.14. The first-order chi connectivity index (χ1) is 19.1. The van der Waals surface area contributed by atoms with Crippen LogP contribution in [0.4, 0.5) is 5.69 Å². The number of benzene rings is 4. The number of hydrogen-bond donors (Lipinski definition) is 0. The Kier molecular flexibility index (Phi) is 6.14. The van der Waals surface area contributed by atoms with Crippen LogP contribution in [0.5, 0.6) is 5.75 Å². The van der Waals surface area contributed by atoms with Crippen molar-refractivity contribution in [1.82, 2.24) is 9.66 Å². The van der Waals surface area contributed by atoms with Crippen molar-refractivity contribution in [3.05, 3.63) is 135 Å². The number of ether oxygens (including phenoxy) is 1. The third kappa shape index (κ3) is 4.76. The van der Waals surface area contributed by atoms with E-state index in [9.17, 15) is 14.9 Å². The summed E-state index contributed by atoms with van der Waals surface area (Å²) in [6.07, 6.45) is 1.37. The standard InChI is InChI=1S/C30H20N4O5/c35-30-23-11-5-6-12-24(23)32-29(28-17-22-10-4-7-13-26(22)39-28)33(30)31-18-21-14-15-27(25(16-21)34(36)37)38-19-20-8-2-1-3-9-20/h1-18H,19H2. The first kappa shape index (κ1) is 23.8. The maximum absolute atomic E-state index is 13.4. The fraction of sp³-hybridized carbons (Fsp3) is 0.0333. The number of aromatic nitrogens is 2. The van der Waals surface area contributed by atoms with Gasteiger partial charge in [-0.3, -0.25) is 14.9 Å². The molecule has 0 aliphatic carbocycles. The second kappa shape index (κ2) is 10.1. The average molecular weight is 517 g/mol. The number of furan rings is 1. The lowest BCUT2D eigenvalue weighted by Crippen LogP contribution is -2.20. The van der Waals surface area contributed by atoms with Crippen molar-refractivity contribution in [2.75, 3.05) is 0 Å². The van der Waals surface area contributed by atoms with Crippen molar-refractivity contribution in [2.45, 2.75) is 6.61 Å². The second-order valence-electron chi connectivity index (χ2n) is 8.72. The van der Waals surface area contributed by atoms with E-state index in [0.29, 0.717) is 27.8 Å². The molecule has 0 saturated heterocycles. The maximum Gasteiger partial charge on any atom is 0.311 e. The van der Waals surface area contributed by atoms with Gasteiger partial charge in [0.25, 0.3) is 5.56 Å². The SMILES string of the molecule is O=c1c2ccccc2nc(-c2cc3ccccc3o2)n1N=Cc1ccc(OCc2ccccc2)c([N+](=O)[O-])c1. The van der Waals surface area contributed by atoms with E-state index in [1.165, 1.54) is 18.3 Å². The van der Waals surface area contributed by atoms with E-state index in [2.05, 4.69) is 10.1 Å². The molecule has 0 N–H and O–H groups in total. The van der Waals surface area contributed by atoms with E-state index in [4.69, 9.17) is 9.15 Å². The van der Waals surface area contributed by atoms with Gasteiger partial charge in [0.1, 0.15) is 12.2 Å². The predicted octanol–water partition coefficient (Wildman–Crippen LogP) is 6.18. The van der Waals surface area contributed by atoms with Gasteiger partial charge in [-0.1, -0.05) is 60.7 Å². The number of nitro groups is 1. The Morgan fingerprint density at radius 2 is 1.72 bits per heavy atom. The number of hydrogen-bond acceptors (Lipinski definition) is 7. The normalized spacial score (nSPS) is 11.4. The number of para-hydroxylation sites is 2. The Hall–Kier alpha value is -5.57. The highest BCUT2D eigenvalue weighted by molar-refractivity contribution is 5.85. The minimum Gasteiger partial charge on any atom is -0.482 e. The molecule has 9 heteroatoms. The summed E-state index contributed by atoms with van der Waals surface area (Å²) in [7, 11) is 0. The van der Waals surface area contributed by atoms with Gasteiger partial charge >= 0.3 is 5.69 Å². The van der Waals surface area contributed by atoms with Gasteiger partial charge in [-0.05, 0) is 42.0 Å². The monoisotopic (exact) mass is 516 g/mol. The van der Waals surface area contributed by atoms with E-state index in [1.807, 2.05) is 54.6 Å². The summed E-state index contributed by atoms with van der Waals surface area (Å²) in [6, 6.07) is 30.1. The molecule has 0 atom stereocenters. The van der Waals surface area contributed by atoms with Crippen LogP contribution in [-0.2, 0) is 6.61 Å². The third-order valence-corrected chi connectivity index (χ3v) is 6.14. The molecule has 2 aromatic heterocycles.